The van der Waals surface area contributed by atoms with E-state index in [4.69, 9.17) is 4.74 Å². The molecule has 2 atom stereocenters. The summed E-state index contributed by atoms with van der Waals surface area (Å²) in [6.45, 7) is 6.09. The number of hydrogen-bond acceptors (Lipinski definition) is 3. The van der Waals surface area contributed by atoms with Gasteiger partial charge in [-0.05, 0) is 43.9 Å². The molecule has 1 saturated heterocycles. The molecule has 0 radical (unpaired) electrons. The molecule has 122 valence electrons. The predicted octanol–water partition coefficient (Wildman–Crippen LogP) is 2.64. The molecule has 22 heavy (non-hydrogen) atoms. The van der Waals surface area contributed by atoms with Gasteiger partial charge in [-0.1, -0.05) is 19.1 Å². The van der Waals surface area contributed by atoms with Gasteiger partial charge in [0.05, 0.1) is 12.7 Å². The highest BCUT2D eigenvalue weighted by atomic mass is 16.5. The number of likely N-dealkylation sites (tertiary alicyclic amines) is 1. The fourth-order valence-corrected chi connectivity index (χ4v) is 2.79. The predicted molar refractivity (Wildman–Crippen MR) is 86.9 cm³/mol. The molecule has 1 aliphatic rings. The third-order valence-electron chi connectivity index (χ3n) is 4.28. The molecule has 2 rings (SSSR count). The molecule has 4 nitrogen and oxygen atoms in total. The van der Waals surface area contributed by atoms with Crippen molar-refractivity contribution in [1.29, 1.82) is 0 Å². The molecule has 1 fully saturated rings. The van der Waals surface area contributed by atoms with Crippen LogP contribution in [0.2, 0.25) is 0 Å². The largest absolute Gasteiger partial charge is 0.494 e. The standard InChI is InChI=1S/C18H27NO3/c1-3-12-22-17-7-4-15(5-8-17)6-9-18(21)19-11-10-16(13-19)14(2)20/h4-5,7-8,14,16,20H,3,6,9-13H2,1-2H3. The van der Waals surface area contributed by atoms with Crippen LogP contribution in [0.1, 0.15) is 38.7 Å². The van der Waals surface area contributed by atoms with Crippen LogP contribution < -0.4 is 4.74 Å². The van der Waals surface area contributed by atoms with Crippen molar-refractivity contribution in [3.05, 3.63) is 29.8 Å². The molecule has 1 aromatic carbocycles. The average molecular weight is 305 g/mol. The Morgan fingerprint density at radius 1 is 1.41 bits per heavy atom. The van der Waals surface area contributed by atoms with Gasteiger partial charge >= 0.3 is 0 Å². The van der Waals surface area contributed by atoms with Gasteiger partial charge in [-0.2, -0.15) is 0 Å². The summed E-state index contributed by atoms with van der Waals surface area (Å²) in [5, 5.41) is 9.60. The van der Waals surface area contributed by atoms with Crippen molar-refractivity contribution >= 4 is 5.91 Å². The van der Waals surface area contributed by atoms with Crippen LogP contribution in [0.5, 0.6) is 5.75 Å². The summed E-state index contributed by atoms with van der Waals surface area (Å²) < 4.78 is 5.55. The van der Waals surface area contributed by atoms with Gasteiger partial charge in [-0.3, -0.25) is 4.79 Å². The van der Waals surface area contributed by atoms with Crippen molar-refractivity contribution in [2.75, 3.05) is 19.7 Å². The molecule has 0 saturated carbocycles. The van der Waals surface area contributed by atoms with Gasteiger partial charge in [0, 0.05) is 25.4 Å². The first kappa shape index (κ1) is 16.8. The minimum absolute atomic E-state index is 0.189. The molecule has 1 heterocycles. The molecule has 0 spiro atoms. The summed E-state index contributed by atoms with van der Waals surface area (Å²) in [5.41, 5.74) is 1.16. The Labute approximate surface area is 133 Å². The Kier molecular flexibility index (Phi) is 6.25. The van der Waals surface area contributed by atoms with Crippen LogP contribution in [0, 0.1) is 5.92 Å². The molecule has 0 bridgehead atoms. The summed E-state index contributed by atoms with van der Waals surface area (Å²) in [4.78, 5) is 14.1. The van der Waals surface area contributed by atoms with Crippen LogP contribution in [-0.2, 0) is 11.2 Å². The Morgan fingerprint density at radius 3 is 2.73 bits per heavy atom. The van der Waals surface area contributed by atoms with E-state index in [1.165, 1.54) is 0 Å². The highest BCUT2D eigenvalue weighted by Gasteiger charge is 2.28. The maximum Gasteiger partial charge on any atom is 0.222 e. The van der Waals surface area contributed by atoms with Gasteiger partial charge in [0.1, 0.15) is 5.75 Å². The van der Waals surface area contributed by atoms with E-state index >= 15 is 0 Å². The van der Waals surface area contributed by atoms with Crippen molar-refractivity contribution in [1.82, 2.24) is 4.90 Å². The van der Waals surface area contributed by atoms with E-state index in [0.717, 1.165) is 43.7 Å². The van der Waals surface area contributed by atoms with Gasteiger partial charge in [0.25, 0.3) is 0 Å². The van der Waals surface area contributed by atoms with Crippen LogP contribution in [-0.4, -0.2) is 41.7 Å². The normalized spacial score (nSPS) is 19.2. The maximum absolute atomic E-state index is 12.2. The van der Waals surface area contributed by atoms with E-state index in [9.17, 15) is 9.90 Å². The van der Waals surface area contributed by atoms with Crippen molar-refractivity contribution in [2.24, 2.45) is 5.92 Å². The van der Waals surface area contributed by atoms with Crippen molar-refractivity contribution in [2.45, 2.75) is 45.6 Å². The van der Waals surface area contributed by atoms with Crippen molar-refractivity contribution in [3.63, 3.8) is 0 Å². The number of aryl methyl sites for hydroxylation is 1. The van der Waals surface area contributed by atoms with Crippen LogP contribution in [0.25, 0.3) is 0 Å². The lowest BCUT2D eigenvalue weighted by Gasteiger charge is -2.17. The summed E-state index contributed by atoms with van der Waals surface area (Å²) in [6, 6.07) is 7.99. The van der Waals surface area contributed by atoms with E-state index in [1.807, 2.05) is 29.2 Å². The topological polar surface area (TPSA) is 49.8 Å². The number of carbonyl (C=O) groups is 1. The molecule has 0 aromatic heterocycles. The Morgan fingerprint density at radius 2 is 2.14 bits per heavy atom. The maximum atomic E-state index is 12.2. The number of nitrogens with zero attached hydrogens (tertiary/aromatic N) is 1. The Hall–Kier alpha value is -1.55. The van der Waals surface area contributed by atoms with Gasteiger partial charge in [0.15, 0.2) is 0 Å². The fraction of sp³-hybridized carbons (Fsp3) is 0.611. The number of hydrogen-bond donors (Lipinski definition) is 1. The van der Waals surface area contributed by atoms with Crippen LogP contribution in [0.15, 0.2) is 24.3 Å². The van der Waals surface area contributed by atoms with Crippen LogP contribution in [0.4, 0.5) is 0 Å². The Balaban J connectivity index is 1.76. The number of benzene rings is 1. The first-order valence-electron chi connectivity index (χ1n) is 8.27. The van der Waals surface area contributed by atoms with Crippen molar-refractivity contribution in [3.8, 4) is 5.75 Å². The third kappa shape index (κ3) is 4.73. The molecule has 4 heteroatoms. The van der Waals surface area contributed by atoms with Crippen LogP contribution >= 0.6 is 0 Å². The summed E-state index contributed by atoms with van der Waals surface area (Å²) in [6.07, 6.45) is 2.87. The van der Waals surface area contributed by atoms with Gasteiger partial charge in [0.2, 0.25) is 5.91 Å². The van der Waals surface area contributed by atoms with Gasteiger partial charge in [-0.15, -0.1) is 0 Å². The van der Waals surface area contributed by atoms with Crippen molar-refractivity contribution < 1.29 is 14.6 Å². The zero-order valence-corrected chi connectivity index (χ0v) is 13.6. The lowest BCUT2D eigenvalue weighted by atomic mass is 10.0. The van der Waals surface area contributed by atoms with E-state index in [2.05, 4.69) is 6.92 Å². The number of aliphatic hydroxyl groups excluding tert-OH is 1. The Bertz CT molecular complexity index is 470. The summed E-state index contributed by atoms with van der Waals surface area (Å²) >= 11 is 0. The number of ether oxygens (including phenoxy) is 1. The van der Waals surface area contributed by atoms with Gasteiger partial charge < -0.3 is 14.7 Å². The highest BCUT2D eigenvalue weighted by molar-refractivity contribution is 5.76. The molecular formula is C18H27NO3. The second-order valence-corrected chi connectivity index (χ2v) is 6.12. The lowest BCUT2D eigenvalue weighted by molar-refractivity contribution is -0.130. The smallest absolute Gasteiger partial charge is 0.222 e. The monoisotopic (exact) mass is 305 g/mol. The molecule has 1 aliphatic heterocycles. The second-order valence-electron chi connectivity index (χ2n) is 6.12. The number of aliphatic hydroxyl groups is 1. The number of rotatable bonds is 7. The third-order valence-corrected chi connectivity index (χ3v) is 4.28. The van der Waals surface area contributed by atoms with E-state index in [0.29, 0.717) is 13.0 Å². The van der Waals surface area contributed by atoms with Gasteiger partial charge in [-0.25, -0.2) is 0 Å². The quantitative estimate of drug-likeness (QED) is 0.842. The molecule has 1 N–H and O–H groups in total. The van der Waals surface area contributed by atoms with Crippen LogP contribution in [0.3, 0.4) is 0 Å². The molecule has 1 amide bonds. The second kappa shape index (κ2) is 8.18. The summed E-state index contributed by atoms with van der Waals surface area (Å²) in [5.74, 6) is 1.31. The molecule has 2 unspecified atom stereocenters. The first-order valence-corrected chi connectivity index (χ1v) is 8.27. The zero-order valence-electron chi connectivity index (χ0n) is 13.6. The molecular weight excluding hydrogens is 278 g/mol. The first-order chi connectivity index (χ1) is 10.6. The van der Waals surface area contributed by atoms with E-state index in [-0.39, 0.29) is 17.9 Å². The van der Waals surface area contributed by atoms with E-state index < -0.39 is 0 Å². The average Bonchev–Trinajstić information content (AvgIpc) is 3.02. The summed E-state index contributed by atoms with van der Waals surface area (Å²) in [7, 11) is 0. The zero-order chi connectivity index (χ0) is 15.9. The molecule has 0 aliphatic carbocycles. The minimum Gasteiger partial charge on any atom is -0.494 e. The number of amides is 1. The number of carbonyl (C=O) groups excluding carboxylic acids is 1. The minimum atomic E-state index is -0.325. The SMILES string of the molecule is CCCOc1ccc(CCC(=O)N2CCC(C(C)O)C2)cc1. The van der Waals surface area contributed by atoms with E-state index in [1.54, 1.807) is 6.92 Å². The fourth-order valence-electron chi connectivity index (χ4n) is 2.79. The molecule has 1 aromatic rings. The lowest BCUT2D eigenvalue weighted by Crippen LogP contribution is -2.30. The highest BCUT2D eigenvalue weighted by Crippen LogP contribution is 2.21.